The van der Waals surface area contributed by atoms with Crippen LogP contribution in [0.1, 0.15) is 13.3 Å². The molecule has 0 aliphatic carbocycles. The number of aliphatic hydroxyl groups is 1. The molecule has 0 heterocycles. The summed E-state index contributed by atoms with van der Waals surface area (Å²) < 4.78 is 0. The second kappa shape index (κ2) is 5.92. The fraction of sp³-hybridized carbons (Fsp3) is 0.800. The van der Waals surface area contributed by atoms with Gasteiger partial charge >= 0.3 is 0 Å². The van der Waals surface area contributed by atoms with E-state index >= 15 is 0 Å². The van der Waals surface area contributed by atoms with E-state index in [9.17, 15) is 0 Å². The third kappa shape index (κ3) is 5.92. The van der Waals surface area contributed by atoms with Crippen LogP contribution in [0.25, 0.3) is 0 Å². The quantitative estimate of drug-likeness (QED) is 0.495. The van der Waals surface area contributed by atoms with Gasteiger partial charge in [0.15, 0.2) is 0 Å². The SMILES string of the molecule is C[CH]NCCCO. The Bertz CT molecular complexity index is 27.3. The topological polar surface area (TPSA) is 32.3 Å². The van der Waals surface area contributed by atoms with Crippen LogP contribution in [0.4, 0.5) is 0 Å². The molecule has 7 heavy (non-hydrogen) atoms. The van der Waals surface area contributed by atoms with Crippen LogP contribution < -0.4 is 5.32 Å². The number of hydrogen-bond donors (Lipinski definition) is 2. The van der Waals surface area contributed by atoms with Crippen molar-refractivity contribution in [2.24, 2.45) is 0 Å². The van der Waals surface area contributed by atoms with Crippen molar-refractivity contribution in [3.8, 4) is 0 Å². The summed E-state index contributed by atoms with van der Waals surface area (Å²) in [6.07, 6.45) is 0.838. The lowest BCUT2D eigenvalue weighted by Gasteiger charge is -1.94. The maximum atomic E-state index is 8.24. The molecule has 0 saturated heterocycles. The van der Waals surface area contributed by atoms with Gasteiger partial charge in [0.05, 0.1) is 0 Å². The van der Waals surface area contributed by atoms with E-state index in [0.29, 0.717) is 0 Å². The molecule has 0 aliphatic rings. The molecule has 0 aromatic heterocycles. The Morgan fingerprint density at radius 3 is 2.86 bits per heavy atom. The Balaban J connectivity index is 2.45. The van der Waals surface area contributed by atoms with Crippen LogP contribution >= 0.6 is 0 Å². The van der Waals surface area contributed by atoms with E-state index in [1.54, 1.807) is 0 Å². The van der Waals surface area contributed by atoms with Crippen molar-refractivity contribution in [3.05, 3.63) is 6.54 Å². The summed E-state index contributed by atoms with van der Waals surface area (Å²) in [4.78, 5) is 0. The molecule has 0 rings (SSSR count). The smallest absolute Gasteiger partial charge is 0.0443 e. The molecule has 1 radical (unpaired) electrons. The molecule has 0 unspecified atom stereocenters. The second-order valence-corrected chi connectivity index (χ2v) is 1.32. The Morgan fingerprint density at radius 2 is 2.43 bits per heavy atom. The van der Waals surface area contributed by atoms with Gasteiger partial charge in [-0.15, -0.1) is 0 Å². The summed E-state index contributed by atoms with van der Waals surface area (Å²) >= 11 is 0. The number of nitrogens with one attached hydrogen (secondary N) is 1. The van der Waals surface area contributed by atoms with E-state index < -0.39 is 0 Å². The van der Waals surface area contributed by atoms with Crippen molar-refractivity contribution < 1.29 is 5.11 Å². The van der Waals surface area contributed by atoms with Crippen LogP contribution in [-0.2, 0) is 0 Å². The highest BCUT2D eigenvalue weighted by Crippen LogP contribution is 1.70. The largest absolute Gasteiger partial charge is 0.396 e. The Morgan fingerprint density at radius 1 is 1.71 bits per heavy atom. The highest BCUT2D eigenvalue weighted by atomic mass is 16.3. The summed E-state index contributed by atoms with van der Waals surface area (Å²) in [6, 6.07) is 0. The predicted octanol–water partition coefficient (Wildman–Crippen LogP) is 0.140. The van der Waals surface area contributed by atoms with E-state index in [1.807, 2.05) is 13.5 Å². The number of hydrogen-bond acceptors (Lipinski definition) is 2. The molecule has 2 N–H and O–H groups in total. The maximum Gasteiger partial charge on any atom is 0.0443 e. The van der Waals surface area contributed by atoms with Crippen LogP contribution in [0, 0.1) is 6.54 Å². The zero-order valence-corrected chi connectivity index (χ0v) is 4.65. The van der Waals surface area contributed by atoms with Crippen LogP contribution in [0.15, 0.2) is 0 Å². The van der Waals surface area contributed by atoms with Gasteiger partial charge in [-0.05, 0) is 19.9 Å². The van der Waals surface area contributed by atoms with Gasteiger partial charge in [0, 0.05) is 13.2 Å². The first kappa shape index (κ1) is 6.92. The van der Waals surface area contributed by atoms with Gasteiger partial charge in [0.1, 0.15) is 0 Å². The molecule has 0 aliphatic heterocycles. The molecule has 43 valence electrons. The summed E-state index contributed by atoms with van der Waals surface area (Å²) in [5.74, 6) is 0. The number of rotatable bonds is 4. The molecule has 0 fully saturated rings. The molecular formula is C5H12NO. The number of aliphatic hydroxyl groups excluding tert-OH is 1. The van der Waals surface area contributed by atoms with Crippen LogP contribution in [0.3, 0.4) is 0 Å². The van der Waals surface area contributed by atoms with Crippen molar-refractivity contribution in [1.82, 2.24) is 5.32 Å². The first-order valence-electron chi connectivity index (χ1n) is 2.54. The predicted molar refractivity (Wildman–Crippen MR) is 29.7 cm³/mol. The third-order valence-electron chi connectivity index (χ3n) is 0.683. The molecule has 0 saturated carbocycles. The normalized spacial score (nSPS) is 9.43. The Labute approximate surface area is 44.5 Å². The van der Waals surface area contributed by atoms with Crippen molar-refractivity contribution in [2.45, 2.75) is 13.3 Å². The van der Waals surface area contributed by atoms with Gasteiger partial charge < -0.3 is 10.4 Å². The molecule has 0 amide bonds. The summed E-state index contributed by atoms with van der Waals surface area (Å²) in [7, 11) is 0. The Kier molecular flexibility index (Phi) is 5.85. The second-order valence-electron chi connectivity index (χ2n) is 1.32. The minimum absolute atomic E-state index is 0.279. The summed E-state index contributed by atoms with van der Waals surface area (Å²) in [5.41, 5.74) is 0. The Hall–Kier alpha value is -0.0800. The van der Waals surface area contributed by atoms with Gasteiger partial charge in [-0.25, -0.2) is 0 Å². The average molecular weight is 102 g/mol. The highest BCUT2D eigenvalue weighted by molar-refractivity contribution is 4.50. The lowest BCUT2D eigenvalue weighted by Crippen LogP contribution is -2.10. The van der Waals surface area contributed by atoms with E-state index in [2.05, 4.69) is 5.32 Å². The van der Waals surface area contributed by atoms with Crippen molar-refractivity contribution in [1.29, 1.82) is 0 Å². The first-order valence-corrected chi connectivity index (χ1v) is 2.54. The van der Waals surface area contributed by atoms with Crippen LogP contribution in [-0.4, -0.2) is 18.3 Å². The lowest BCUT2D eigenvalue weighted by atomic mass is 10.4. The summed E-state index contributed by atoms with van der Waals surface area (Å²) in [5, 5.41) is 11.2. The fourth-order valence-electron chi connectivity index (χ4n) is 0.325. The van der Waals surface area contributed by atoms with E-state index in [4.69, 9.17) is 5.11 Å². The van der Waals surface area contributed by atoms with E-state index in [1.165, 1.54) is 0 Å². The summed E-state index contributed by atoms with van der Waals surface area (Å²) in [6.45, 7) is 4.96. The fourth-order valence-corrected chi connectivity index (χ4v) is 0.325. The first-order chi connectivity index (χ1) is 3.41. The molecule has 0 aromatic carbocycles. The lowest BCUT2D eigenvalue weighted by molar-refractivity contribution is 0.287. The molecule has 2 heteroatoms. The maximum absolute atomic E-state index is 8.24. The minimum Gasteiger partial charge on any atom is -0.396 e. The van der Waals surface area contributed by atoms with Gasteiger partial charge in [-0.3, -0.25) is 0 Å². The van der Waals surface area contributed by atoms with Gasteiger partial charge in [-0.2, -0.15) is 0 Å². The van der Waals surface area contributed by atoms with Gasteiger partial charge in [0.2, 0.25) is 0 Å². The third-order valence-corrected chi connectivity index (χ3v) is 0.683. The van der Waals surface area contributed by atoms with Crippen LogP contribution in [0.2, 0.25) is 0 Å². The average Bonchev–Trinajstić information content (AvgIpc) is 1.69. The molecule has 2 nitrogen and oxygen atoms in total. The van der Waals surface area contributed by atoms with Crippen molar-refractivity contribution >= 4 is 0 Å². The van der Waals surface area contributed by atoms with Gasteiger partial charge in [0.25, 0.3) is 0 Å². The van der Waals surface area contributed by atoms with Crippen molar-refractivity contribution in [2.75, 3.05) is 13.2 Å². The molecule has 0 bridgehead atoms. The monoisotopic (exact) mass is 102 g/mol. The zero-order chi connectivity index (χ0) is 5.54. The molecule has 0 spiro atoms. The molecule has 0 aromatic rings. The standard InChI is InChI=1S/C5H12NO/c1-2-6-4-3-5-7/h2,6-7H,3-5H2,1H3. The van der Waals surface area contributed by atoms with Crippen LogP contribution in [0.5, 0.6) is 0 Å². The molecular weight excluding hydrogens is 90.1 g/mol. The minimum atomic E-state index is 0.279. The zero-order valence-electron chi connectivity index (χ0n) is 4.65. The van der Waals surface area contributed by atoms with E-state index in [-0.39, 0.29) is 6.61 Å². The highest BCUT2D eigenvalue weighted by Gasteiger charge is 1.78. The van der Waals surface area contributed by atoms with E-state index in [0.717, 1.165) is 13.0 Å². The molecule has 0 atom stereocenters. The van der Waals surface area contributed by atoms with Crippen molar-refractivity contribution in [3.63, 3.8) is 0 Å². The van der Waals surface area contributed by atoms with Gasteiger partial charge in [-0.1, -0.05) is 0 Å².